The molecule has 2 aromatic carbocycles. The van der Waals surface area contributed by atoms with Crippen LogP contribution in [-0.2, 0) is 22.8 Å². The first-order chi connectivity index (χ1) is 14.1. The lowest BCUT2D eigenvalue weighted by Crippen LogP contribution is -2.55. The van der Waals surface area contributed by atoms with E-state index in [0.29, 0.717) is 5.56 Å². The number of aliphatic hydroxyl groups is 4. The molecule has 1 aliphatic heterocycles. The van der Waals surface area contributed by atoms with Crippen LogP contribution in [0.4, 0.5) is 0 Å². The highest BCUT2D eigenvalue weighted by molar-refractivity contribution is 6.42. The number of aliphatic hydroxyl groups excluding tert-OH is 4. The van der Waals surface area contributed by atoms with Crippen LogP contribution in [0.1, 0.15) is 39.5 Å². The second kappa shape index (κ2) is 7.70. The number of rotatable bonds is 4. The van der Waals surface area contributed by atoms with Crippen molar-refractivity contribution in [3.63, 3.8) is 0 Å². The van der Waals surface area contributed by atoms with E-state index < -0.39 is 37.1 Å². The highest BCUT2D eigenvalue weighted by Crippen LogP contribution is 2.41. The van der Waals surface area contributed by atoms with Crippen LogP contribution in [0, 0.1) is 6.92 Å². The van der Waals surface area contributed by atoms with E-state index in [-0.39, 0.29) is 11.0 Å². The number of phenolic OH excluding ortho intramolecular Hbond substituents is 1. The summed E-state index contributed by atoms with van der Waals surface area (Å²) in [4.78, 5) is 0. The van der Waals surface area contributed by atoms with Gasteiger partial charge in [0.2, 0.25) is 0 Å². The van der Waals surface area contributed by atoms with E-state index in [1.165, 1.54) is 11.1 Å². The summed E-state index contributed by atoms with van der Waals surface area (Å²) < 4.78 is 5.68. The third-order valence-corrected chi connectivity index (χ3v) is 6.84. The van der Waals surface area contributed by atoms with Gasteiger partial charge in [0.15, 0.2) is 0 Å². The predicted octanol–water partition coefficient (Wildman–Crippen LogP) is -1.22. The molecule has 0 saturated carbocycles. The van der Waals surface area contributed by atoms with Gasteiger partial charge < -0.3 is 30.3 Å². The maximum Gasteiger partial charge on any atom is 0.121 e. The Bertz CT molecular complexity index is 961. The molecule has 0 aromatic heterocycles. The molecule has 30 heavy (non-hydrogen) atoms. The number of fused-ring (bicyclic) bond motifs is 1. The number of aromatic hydroxyl groups is 1. The molecule has 0 amide bonds. The monoisotopic (exact) mass is 410 g/mol. The fourth-order valence-corrected chi connectivity index (χ4v) is 4.71. The number of hydrogen-bond donors (Lipinski definition) is 5. The van der Waals surface area contributed by atoms with Crippen LogP contribution in [0.25, 0.3) is 0 Å². The Labute approximate surface area is 178 Å². The summed E-state index contributed by atoms with van der Waals surface area (Å²) in [6.07, 6.45) is -4.27. The minimum absolute atomic E-state index is 0.0615. The van der Waals surface area contributed by atoms with Crippen LogP contribution >= 0.6 is 0 Å². The second-order valence-electron chi connectivity index (χ2n) is 9.08. The van der Waals surface area contributed by atoms with Gasteiger partial charge >= 0.3 is 0 Å². The van der Waals surface area contributed by atoms with E-state index in [0.717, 1.165) is 29.5 Å². The Morgan fingerprint density at radius 2 is 1.70 bits per heavy atom. The van der Waals surface area contributed by atoms with Crippen molar-refractivity contribution in [2.24, 2.45) is 0 Å². The first kappa shape index (κ1) is 21.4. The minimum atomic E-state index is -1.49. The molecule has 158 valence electrons. The van der Waals surface area contributed by atoms with Crippen molar-refractivity contribution in [3.8, 4) is 5.75 Å². The standard InChI is InChI=1S/C22H28B2O6/c1-10-6-16(26)14(21-20(29)19(28)18(27)17(9-25)30-21)8-15(10)22(23,24)13-5-4-11-2-3-12(11)7-13/h4-8,17-21,25-29H,2-3,9,23-24H2,1H3/t17-,18-,19+,20-,21+/m1/s1. The molecule has 2 aromatic rings. The molecular formula is C22H28B2O6. The molecule has 6 nitrogen and oxygen atoms in total. The van der Waals surface area contributed by atoms with Crippen molar-refractivity contribution in [3.05, 3.63) is 63.7 Å². The highest BCUT2D eigenvalue weighted by Gasteiger charge is 2.45. The maximum atomic E-state index is 10.6. The topological polar surface area (TPSA) is 110 Å². The summed E-state index contributed by atoms with van der Waals surface area (Å²) in [5, 5.41) is 50.5. The fraction of sp³-hybridized carbons (Fsp3) is 0.455. The van der Waals surface area contributed by atoms with Crippen LogP contribution < -0.4 is 0 Å². The molecule has 5 N–H and O–H groups in total. The van der Waals surface area contributed by atoms with Crippen LogP contribution in [0.15, 0.2) is 30.3 Å². The Morgan fingerprint density at radius 1 is 1.00 bits per heavy atom. The molecule has 1 heterocycles. The summed E-state index contributed by atoms with van der Waals surface area (Å²) in [7, 11) is 4.23. The molecule has 4 rings (SSSR count). The van der Waals surface area contributed by atoms with Crippen molar-refractivity contribution in [1.29, 1.82) is 0 Å². The van der Waals surface area contributed by atoms with Crippen molar-refractivity contribution in [2.75, 3.05) is 6.61 Å². The Hall–Kier alpha value is -1.83. The van der Waals surface area contributed by atoms with Gasteiger partial charge in [0.1, 0.15) is 52.0 Å². The lowest BCUT2D eigenvalue weighted by atomic mass is 9.47. The van der Waals surface area contributed by atoms with Crippen LogP contribution in [-0.4, -0.2) is 72.2 Å². The first-order valence-electron chi connectivity index (χ1n) is 10.4. The predicted molar refractivity (Wildman–Crippen MR) is 117 cm³/mol. The zero-order chi connectivity index (χ0) is 21.8. The van der Waals surface area contributed by atoms with E-state index in [9.17, 15) is 25.5 Å². The third kappa shape index (κ3) is 3.37. The molecule has 2 aliphatic rings. The van der Waals surface area contributed by atoms with E-state index in [1.54, 1.807) is 12.1 Å². The van der Waals surface area contributed by atoms with Gasteiger partial charge in [-0.05, 0) is 59.4 Å². The SMILES string of the molecule is BC(B)(c1ccc2c(c1)CC2)c1cc([C@@H]2O[C@H](CO)[C@@H](O)[C@H](O)[C@H]2O)c(O)cc1C. The average Bonchev–Trinajstić information content (AvgIpc) is 2.68. The second-order valence-corrected chi connectivity index (χ2v) is 9.08. The number of benzene rings is 2. The molecular weight excluding hydrogens is 382 g/mol. The first-order valence-corrected chi connectivity index (χ1v) is 10.4. The zero-order valence-electron chi connectivity index (χ0n) is 17.5. The van der Waals surface area contributed by atoms with Crippen LogP contribution in [0.5, 0.6) is 5.75 Å². The van der Waals surface area contributed by atoms with Crippen LogP contribution in [0.3, 0.4) is 0 Å². The highest BCUT2D eigenvalue weighted by atomic mass is 16.5. The van der Waals surface area contributed by atoms with Crippen molar-refractivity contribution in [2.45, 2.75) is 55.5 Å². The summed E-state index contributed by atoms with van der Waals surface area (Å²) >= 11 is 0. The van der Waals surface area contributed by atoms with Gasteiger partial charge in [-0.3, -0.25) is 0 Å². The molecule has 1 saturated heterocycles. The molecule has 5 atom stereocenters. The zero-order valence-corrected chi connectivity index (χ0v) is 17.5. The van der Waals surface area contributed by atoms with Crippen LogP contribution in [0.2, 0.25) is 0 Å². The molecule has 1 fully saturated rings. The van der Waals surface area contributed by atoms with E-state index >= 15 is 0 Å². The molecule has 0 bridgehead atoms. The van der Waals surface area contributed by atoms with Gasteiger partial charge in [0, 0.05) is 5.56 Å². The normalized spacial score (nSPS) is 28.6. The van der Waals surface area contributed by atoms with Crippen molar-refractivity contribution >= 4 is 15.7 Å². The molecule has 0 unspecified atom stereocenters. The summed E-state index contributed by atoms with van der Waals surface area (Å²) in [6, 6.07) is 9.98. The number of phenols is 1. The number of hydrogen-bond acceptors (Lipinski definition) is 6. The lowest BCUT2D eigenvalue weighted by molar-refractivity contribution is -0.232. The number of ether oxygens (including phenoxy) is 1. The maximum absolute atomic E-state index is 10.6. The van der Waals surface area contributed by atoms with Crippen molar-refractivity contribution < 1.29 is 30.3 Å². The summed E-state index contributed by atoms with van der Waals surface area (Å²) in [5.41, 5.74) is 6.10. The minimum Gasteiger partial charge on any atom is -0.508 e. The van der Waals surface area contributed by atoms with E-state index in [2.05, 4.69) is 33.9 Å². The Kier molecular flexibility index (Phi) is 5.49. The smallest absolute Gasteiger partial charge is 0.121 e. The molecule has 0 spiro atoms. The van der Waals surface area contributed by atoms with E-state index in [4.69, 9.17) is 4.74 Å². The lowest BCUT2D eigenvalue weighted by Gasteiger charge is -2.41. The van der Waals surface area contributed by atoms with Gasteiger partial charge in [-0.15, -0.1) is 0 Å². The van der Waals surface area contributed by atoms with E-state index in [1.807, 2.05) is 6.92 Å². The largest absolute Gasteiger partial charge is 0.508 e. The van der Waals surface area contributed by atoms with Gasteiger partial charge in [-0.2, -0.15) is 0 Å². The van der Waals surface area contributed by atoms with Gasteiger partial charge in [-0.1, -0.05) is 23.8 Å². The Balaban J connectivity index is 1.76. The molecule has 0 radical (unpaired) electrons. The van der Waals surface area contributed by atoms with Crippen molar-refractivity contribution in [1.82, 2.24) is 0 Å². The fourth-order valence-electron chi connectivity index (χ4n) is 4.71. The van der Waals surface area contributed by atoms with Gasteiger partial charge in [0.05, 0.1) is 6.61 Å². The summed E-state index contributed by atoms with van der Waals surface area (Å²) in [5.74, 6) is -0.0615. The number of aryl methyl sites for hydroxylation is 3. The summed E-state index contributed by atoms with van der Waals surface area (Å²) in [6.45, 7) is 1.41. The Morgan fingerprint density at radius 3 is 2.30 bits per heavy atom. The van der Waals surface area contributed by atoms with Gasteiger partial charge in [-0.25, -0.2) is 0 Å². The quantitative estimate of drug-likeness (QED) is 0.405. The third-order valence-electron chi connectivity index (χ3n) is 6.84. The average molecular weight is 410 g/mol. The molecule has 1 aliphatic carbocycles. The molecule has 8 heteroatoms. The van der Waals surface area contributed by atoms with Gasteiger partial charge in [0.25, 0.3) is 0 Å².